The summed E-state index contributed by atoms with van der Waals surface area (Å²) in [7, 11) is 2.47. The second-order valence-corrected chi connectivity index (χ2v) is 8.02. The van der Waals surface area contributed by atoms with Gasteiger partial charge in [0.15, 0.2) is 6.61 Å². The van der Waals surface area contributed by atoms with Crippen LogP contribution in [-0.4, -0.2) is 49.6 Å². The number of imide groups is 1. The van der Waals surface area contributed by atoms with E-state index in [4.69, 9.17) is 9.15 Å². The van der Waals surface area contributed by atoms with Crippen molar-refractivity contribution in [2.45, 2.75) is 6.54 Å². The first-order valence-electron chi connectivity index (χ1n) is 8.93. The Balaban J connectivity index is 1.76. The highest BCUT2D eigenvalue weighted by molar-refractivity contribution is 9.11. The third-order valence-corrected chi connectivity index (χ3v) is 5.40. The number of hydrogen-bond acceptors (Lipinski definition) is 8. The molecule has 1 N–H and O–H groups in total. The molecule has 32 heavy (non-hydrogen) atoms. The normalized spacial score (nSPS) is 14.5. The van der Waals surface area contributed by atoms with Crippen LogP contribution in [0.2, 0.25) is 0 Å². The van der Waals surface area contributed by atoms with Crippen LogP contribution >= 0.6 is 31.9 Å². The molecule has 0 spiro atoms. The Bertz CT molecular complexity index is 1100. The Morgan fingerprint density at radius 2 is 1.81 bits per heavy atom. The molecule has 168 valence electrons. The Morgan fingerprint density at radius 1 is 1.12 bits per heavy atom. The third kappa shape index (κ3) is 5.19. The van der Waals surface area contributed by atoms with Crippen molar-refractivity contribution >= 4 is 61.8 Å². The Kier molecular flexibility index (Phi) is 7.36. The lowest BCUT2D eigenvalue weighted by molar-refractivity contribution is -0.143. The number of nitrogens with one attached hydrogen (secondary N) is 1. The summed E-state index contributed by atoms with van der Waals surface area (Å²) in [5, 5.41) is 2.51. The molecule has 2 heterocycles. The molecule has 1 saturated heterocycles. The van der Waals surface area contributed by atoms with Crippen molar-refractivity contribution < 1.29 is 37.8 Å². The van der Waals surface area contributed by atoms with Crippen molar-refractivity contribution in [2.75, 3.05) is 20.8 Å². The number of carbonyl (C=O) groups excluding carboxylic acids is 4. The summed E-state index contributed by atoms with van der Waals surface area (Å²) in [4.78, 5) is 48.7. The number of amides is 3. The summed E-state index contributed by atoms with van der Waals surface area (Å²) in [6.45, 7) is -0.436. The van der Waals surface area contributed by atoms with Gasteiger partial charge in [-0.15, -0.1) is 0 Å². The molecule has 1 aromatic heterocycles. The molecule has 1 fully saturated rings. The fourth-order valence-corrected chi connectivity index (χ4v) is 4.15. The monoisotopic (exact) mass is 570 g/mol. The van der Waals surface area contributed by atoms with Crippen LogP contribution in [0.1, 0.15) is 21.9 Å². The zero-order valence-electron chi connectivity index (χ0n) is 16.8. The maximum atomic E-state index is 12.7. The Hall–Kier alpha value is -3.12. The standard InChI is InChI=1S/C20H16Br2N2O8/c1-29-16(25)9-31-17-12(21)5-10(6-13(17)22)7-14-18(26)24(20(28)23-14)8-11-3-4-15(32-11)19(27)30-2/h3-7H,8-9H2,1-2H3,(H,23,28)/b14-7-. The van der Waals surface area contributed by atoms with E-state index in [9.17, 15) is 19.2 Å². The number of esters is 2. The molecule has 3 amide bonds. The SMILES string of the molecule is COC(=O)COc1c(Br)cc(/C=C2\NC(=O)N(Cc3ccc(C(=O)OC)o3)C2=O)cc1Br. The minimum atomic E-state index is -0.663. The van der Waals surface area contributed by atoms with Crippen molar-refractivity contribution in [2.24, 2.45) is 0 Å². The fourth-order valence-electron chi connectivity index (χ4n) is 2.70. The number of furan rings is 1. The van der Waals surface area contributed by atoms with Gasteiger partial charge >= 0.3 is 18.0 Å². The largest absolute Gasteiger partial charge is 0.480 e. The first kappa shape index (κ1) is 23.5. The van der Waals surface area contributed by atoms with E-state index in [2.05, 4.69) is 46.7 Å². The quantitative estimate of drug-likeness (QED) is 0.305. The molecule has 0 saturated carbocycles. The van der Waals surface area contributed by atoms with Crippen LogP contribution in [0.3, 0.4) is 0 Å². The van der Waals surface area contributed by atoms with Crippen LogP contribution in [0.15, 0.2) is 43.3 Å². The maximum Gasteiger partial charge on any atom is 0.373 e. The lowest BCUT2D eigenvalue weighted by atomic mass is 10.2. The molecule has 3 rings (SSSR count). The van der Waals surface area contributed by atoms with E-state index in [1.165, 1.54) is 32.4 Å². The Labute approximate surface area is 198 Å². The van der Waals surface area contributed by atoms with Gasteiger partial charge in [-0.2, -0.15) is 0 Å². The molecule has 12 heteroatoms. The van der Waals surface area contributed by atoms with Gasteiger partial charge in [0.1, 0.15) is 17.2 Å². The van der Waals surface area contributed by atoms with Crippen LogP contribution in [0.5, 0.6) is 5.75 Å². The van der Waals surface area contributed by atoms with Crippen molar-refractivity contribution in [3.8, 4) is 5.75 Å². The fraction of sp³-hybridized carbons (Fsp3) is 0.200. The third-order valence-electron chi connectivity index (χ3n) is 4.22. The second-order valence-electron chi connectivity index (χ2n) is 6.32. The van der Waals surface area contributed by atoms with E-state index in [0.717, 1.165) is 4.90 Å². The van der Waals surface area contributed by atoms with Crippen molar-refractivity contribution in [3.05, 3.63) is 56.0 Å². The second kappa shape index (κ2) is 10.0. The Morgan fingerprint density at radius 3 is 2.44 bits per heavy atom. The number of carbonyl (C=O) groups is 4. The molecule has 0 radical (unpaired) electrons. The van der Waals surface area contributed by atoms with Gasteiger partial charge in [-0.05, 0) is 67.8 Å². The van der Waals surface area contributed by atoms with Crippen molar-refractivity contribution in [3.63, 3.8) is 0 Å². The van der Waals surface area contributed by atoms with Crippen LogP contribution < -0.4 is 10.1 Å². The molecule has 2 aromatic rings. The highest BCUT2D eigenvalue weighted by Crippen LogP contribution is 2.35. The van der Waals surface area contributed by atoms with E-state index in [1.54, 1.807) is 12.1 Å². The summed E-state index contributed by atoms with van der Waals surface area (Å²) < 4.78 is 20.9. The summed E-state index contributed by atoms with van der Waals surface area (Å²) in [5.74, 6) is -1.18. The number of benzene rings is 1. The number of nitrogens with zero attached hydrogens (tertiary/aromatic N) is 1. The van der Waals surface area contributed by atoms with E-state index < -0.39 is 23.9 Å². The molecule has 0 unspecified atom stereocenters. The maximum absolute atomic E-state index is 12.7. The highest BCUT2D eigenvalue weighted by atomic mass is 79.9. The van der Waals surface area contributed by atoms with E-state index in [1.807, 2.05) is 0 Å². The lowest BCUT2D eigenvalue weighted by Crippen LogP contribution is -2.30. The van der Waals surface area contributed by atoms with E-state index in [-0.39, 0.29) is 30.4 Å². The van der Waals surface area contributed by atoms with E-state index in [0.29, 0.717) is 20.3 Å². The highest BCUT2D eigenvalue weighted by Gasteiger charge is 2.34. The zero-order chi connectivity index (χ0) is 23.4. The lowest BCUT2D eigenvalue weighted by Gasteiger charge is -2.10. The van der Waals surface area contributed by atoms with Crippen LogP contribution in [0.25, 0.3) is 6.08 Å². The molecular formula is C20H16Br2N2O8. The zero-order valence-corrected chi connectivity index (χ0v) is 19.9. The van der Waals surface area contributed by atoms with Crippen LogP contribution in [0, 0.1) is 0 Å². The molecule has 0 bridgehead atoms. The predicted octanol–water partition coefficient (Wildman–Crippen LogP) is 3.24. The molecule has 1 aromatic carbocycles. The number of hydrogen-bond donors (Lipinski definition) is 1. The molecule has 0 aliphatic carbocycles. The number of methoxy groups -OCH3 is 2. The van der Waals surface area contributed by atoms with Gasteiger partial charge in [-0.3, -0.25) is 9.69 Å². The van der Waals surface area contributed by atoms with Crippen LogP contribution in [0.4, 0.5) is 4.79 Å². The smallest absolute Gasteiger partial charge is 0.373 e. The van der Waals surface area contributed by atoms with Gasteiger partial charge in [0.05, 0.1) is 29.7 Å². The minimum Gasteiger partial charge on any atom is -0.480 e. The summed E-state index contributed by atoms with van der Waals surface area (Å²) >= 11 is 6.71. The summed E-state index contributed by atoms with van der Waals surface area (Å²) in [5.41, 5.74) is 0.627. The van der Waals surface area contributed by atoms with Gasteiger partial charge in [-0.1, -0.05) is 0 Å². The number of halogens is 2. The number of urea groups is 1. The number of ether oxygens (including phenoxy) is 3. The van der Waals surface area contributed by atoms with Gasteiger partial charge in [0, 0.05) is 0 Å². The number of rotatable bonds is 7. The first-order valence-corrected chi connectivity index (χ1v) is 10.5. The molecule has 1 aliphatic rings. The van der Waals surface area contributed by atoms with Crippen LogP contribution in [-0.2, 0) is 25.6 Å². The molecular weight excluding hydrogens is 556 g/mol. The van der Waals surface area contributed by atoms with E-state index >= 15 is 0 Å². The van der Waals surface area contributed by atoms with Gasteiger partial charge in [0.2, 0.25) is 5.76 Å². The van der Waals surface area contributed by atoms with Crippen molar-refractivity contribution in [1.29, 1.82) is 0 Å². The summed E-state index contributed by atoms with van der Waals surface area (Å²) in [6, 6.07) is 5.56. The summed E-state index contributed by atoms with van der Waals surface area (Å²) in [6.07, 6.45) is 1.49. The molecule has 10 nitrogen and oxygen atoms in total. The predicted molar refractivity (Wildman–Crippen MR) is 116 cm³/mol. The average Bonchev–Trinajstić information content (AvgIpc) is 3.33. The van der Waals surface area contributed by atoms with Gasteiger partial charge in [-0.25, -0.2) is 14.4 Å². The average molecular weight is 572 g/mol. The first-order chi connectivity index (χ1) is 15.2. The molecule has 0 atom stereocenters. The molecule has 1 aliphatic heterocycles. The van der Waals surface area contributed by atoms with Gasteiger partial charge in [0.25, 0.3) is 5.91 Å². The van der Waals surface area contributed by atoms with Crippen molar-refractivity contribution in [1.82, 2.24) is 10.2 Å². The van der Waals surface area contributed by atoms with Gasteiger partial charge < -0.3 is 23.9 Å². The minimum absolute atomic E-state index is 0.0328. The topological polar surface area (TPSA) is 124 Å².